The predicted octanol–water partition coefficient (Wildman–Crippen LogP) is 4.85. The van der Waals surface area contributed by atoms with Crippen molar-refractivity contribution in [2.75, 3.05) is 13.1 Å². The highest BCUT2D eigenvalue weighted by Crippen LogP contribution is 2.36. The first-order valence-electron chi connectivity index (χ1n) is 13.1. The molecular formula is C26H22F5N7O2. The third-order valence-corrected chi connectivity index (χ3v) is 6.36. The standard InChI is InChI=1S/C26H22F5N7O2/c1-13-21(24-37-36-23(40-24)19-6-9-32-25(35-19)26(29,30)31)22(34-14(2)33-13)15-7-10-38(11-8-15)20(39)12-16-17(27)4-3-5-18(16)28/h3-6,9,15H,7-8,10-12H2,1-2H3/i12D2. The van der Waals surface area contributed by atoms with Gasteiger partial charge in [0.2, 0.25) is 11.7 Å². The first-order chi connectivity index (χ1) is 19.8. The highest BCUT2D eigenvalue weighted by molar-refractivity contribution is 5.79. The maximum atomic E-state index is 14.3. The molecule has 1 fully saturated rings. The average Bonchev–Trinajstić information content (AvgIpc) is 3.41. The number of hydrogen-bond donors (Lipinski definition) is 0. The molecule has 3 aromatic heterocycles. The SMILES string of the molecule is [2H]C([2H])(C(=O)N1CCC(c2nc(C)nc(C)c2-c2nnc(-c3ccnc(C(F)(F)F)n3)o2)CC1)c1c(F)cccc1F. The van der Waals surface area contributed by atoms with Gasteiger partial charge in [0.25, 0.3) is 11.8 Å². The molecule has 1 aliphatic heterocycles. The van der Waals surface area contributed by atoms with E-state index in [0.717, 1.165) is 24.4 Å². The lowest BCUT2D eigenvalue weighted by Crippen LogP contribution is -2.39. The lowest BCUT2D eigenvalue weighted by atomic mass is 9.89. The lowest BCUT2D eigenvalue weighted by molar-refractivity contribution is -0.144. The van der Waals surface area contributed by atoms with Gasteiger partial charge in [-0.1, -0.05) is 6.07 Å². The van der Waals surface area contributed by atoms with Crippen LogP contribution < -0.4 is 0 Å². The van der Waals surface area contributed by atoms with Crippen LogP contribution in [0.15, 0.2) is 34.9 Å². The highest BCUT2D eigenvalue weighted by Gasteiger charge is 2.35. The summed E-state index contributed by atoms with van der Waals surface area (Å²) >= 11 is 0. The molecule has 0 radical (unpaired) electrons. The van der Waals surface area contributed by atoms with E-state index in [1.807, 2.05) is 0 Å². The first kappa shape index (κ1) is 24.7. The molecule has 0 saturated carbocycles. The Kier molecular flexibility index (Phi) is 6.57. The number of rotatable bonds is 5. The molecule has 0 aliphatic carbocycles. The Morgan fingerprint density at radius 2 is 1.73 bits per heavy atom. The van der Waals surface area contributed by atoms with Gasteiger partial charge in [-0.05, 0) is 44.9 Å². The molecule has 4 heterocycles. The van der Waals surface area contributed by atoms with Gasteiger partial charge in [-0.25, -0.2) is 28.7 Å². The zero-order valence-corrected chi connectivity index (χ0v) is 21.1. The summed E-state index contributed by atoms with van der Waals surface area (Å²) in [5, 5.41) is 7.86. The van der Waals surface area contributed by atoms with E-state index in [0.29, 0.717) is 35.6 Å². The highest BCUT2D eigenvalue weighted by atomic mass is 19.4. The molecule has 0 spiro atoms. The largest absolute Gasteiger partial charge is 0.451 e. The van der Waals surface area contributed by atoms with E-state index in [9.17, 15) is 26.7 Å². The van der Waals surface area contributed by atoms with Crippen molar-refractivity contribution < 1.29 is 33.9 Å². The lowest BCUT2D eigenvalue weighted by Gasteiger charge is -2.32. The molecule has 0 atom stereocenters. The van der Waals surface area contributed by atoms with Crippen LogP contribution in [0.5, 0.6) is 0 Å². The van der Waals surface area contributed by atoms with Crippen molar-refractivity contribution in [1.29, 1.82) is 0 Å². The molecule has 40 heavy (non-hydrogen) atoms. The van der Waals surface area contributed by atoms with Gasteiger partial charge in [-0.15, -0.1) is 10.2 Å². The molecule has 14 heteroatoms. The van der Waals surface area contributed by atoms with E-state index in [-0.39, 0.29) is 36.5 Å². The summed E-state index contributed by atoms with van der Waals surface area (Å²) in [5.41, 5.74) is 0.175. The summed E-state index contributed by atoms with van der Waals surface area (Å²) < 4.78 is 89.9. The molecule has 1 aromatic carbocycles. The number of amides is 1. The maximum absolute atomic E-state index is 14.3. The molecule has 0 unspecified atom stereocenters. The predicted molar refractivity (Wildman–Crippen MR) is 129 cm³/mol. The van der Waals surface area contributed by atoms with Gasteiger partial charge in [0, 0.05) is 33.5 Å². The number of carbonyl (C=O) groups excluding carboxylic acids is 1. The van der Waals surface area contributed by atoms with Crippen LogP contribution in [-0.2, 0) is 17.3 Å². The van der Waals surface area contributed by atoms with E-state index in [1.165, 1.54) is 11.0 Å². The molecule has 0 N–H and O–H groups in total. The quantitative estimate of drug-likeness (QED) is 0.318. The minimum Gasteiger partial charge on any atom is -0.414 e. The number of likely N-dealkylation sites (tertiary alicyclic amines) is 1. The number of alkyl halides is 3. The fourth-order valence-corrected chi connectivity index (χ4v) is 4.50. The first-order valence-corrected chi connectivity index (χ1v) is 12.1. The number of aryl methyl sites for hydroxylation is 2. The number of aromatic nitrogens is 6. The van der Waals surface area contributed by atoms with Crippen molar-refractivity contribution in [2.24, 2.45) is 0 Å². The van der Waals surface area contributed by atoms with Crippen molar-refractivity contribution in [1.82, 2.24) is 35.0 Å². The Hall–Kier alpha value is -4.36. The van der Waals surface area contributed by atoms with Crippen LogP contribution in [0, 0.1) is 25.5 Å². The Labute approximate surface area is 227 Å². The minimum absolute atomic E-state index is 0.0467. The van der Waals surface area contributed by atoms with Gasteiger partial charge in [0.05, 0.1) is 23.3 Å². The number of carbonyl (C=O) groups is 1. The summed E-state index contributed by atoms with van der Waals surface area (Å²) in [6.07, 6.45) is -6.15. The number of nitrogens with zero attached hydrogens (tertiary/aromatic N) is 7. The Morgan fingerprint density at radius 1 is 1.05 bits per heavy atom. The zero-order chi connectivity index (χ0) is 30.4. The molecule has 9 nitrogen and oxygen atoms in total. The Balaban J connectivity index is 1.40. The van der Waals surface area contributed by atoms with Gasteiger partial charge in [0.1, 0.15) is 23.2 Å². The third kappa shape index (κ3) is 5.51. The van der Waals surface area contributed by atoms with Crippen molar-refractivity contribution in [3.05, 3.63) is 70.7 Å². The molecule has 4 aromatic rings. The van der Waals surface area contributed by atoms with E-state index in [1.54, 1.807) is 13.8 Å². The van der Waals surface area contributed by atoms with Gasteiger partial charge in [-0.3, -0.25) is 4.79 Å². The van der Waals surface area contributed by atoms with E-state index in [2.05, 4.69) is 30.1 Å². The Morgan fingerprint density at radius 3 is 2.40 bits per heavy atom. The topological polar surface area (TPSA) is 111 Å². The van der Waals surface area contributed by atoms with Crippen molar-refractivity contribution >= 4 is 5.91 Å². The van der Waals surface area contributed by atoms with Gasteiger partial charge >= 0.3 is 6.18 Å². The number of hydrogen-bond acceptors (Lipinski definition) is 8. The van der Waals surface area contributed by atoms with Crippen LogP contribution in [0.25, 0.3) is 23.0 Å². The number of piperidine rings is 1. The second-order valence-corrected chi connectivity index (χ2v) is 9.08. The minimum atomic E-state index is -4.77. The fourth-order valence-electron chi connectivity index (χ4n) is 4.50. The molecule has 208 valence electrons. The van der Waals surface area contributed by atoms with Crippen LogP contribution in [0.1, 0.15) is 50.1 Å². The number of halogens is 5. The monoisotopic (exact) mass is 561 g/mol. The molecule has 5 rings (SSSR count). The average molecular weight is 562 g/mol. The zero-order valence-electron chi connectivity index (χ0n) is 23.1. The summed E-state index contributed by atoms with van der Waals surface area (Å²) in [6.45, 7) is 3.49. The van der Waals surface area contributed by atoms with Crippen LogP contribution in [0.4, 0.5) is 22.0 Å². The van der Waals surface area contributed by atoms with E-state index >= 15 is 0 Å². The smallest absolute Gasteiger partial charge is 0.414 e. The molecule has 0 bridgehead atoms. The van der Waals surface area contributed by atoms with Crippen LogP contribution in [0.3, 0.4) is 0 Å². The molecular weight excluding hydrogens is 537 g/mol. The summed E-state index contributed by atoms with van der Waals surface area (Å²) in [4.78, 5) is 29.9. The van der Waals surface area contributed by atoms with E-state index < -0.39 is 41.5 Å². The normalized spacial score (nSPS) is 15.6. The maximum Gasteiger partial charge on any atom is 0.451 e. The molecule has 1 saturated heterocycles. The summed E-state index contributed by atoms with van der Waals surface area (Å²) in [7, 11) is 0. The second kappa shape index (κ2) is 10.7. The summed E-state index contributed by atoms with van der Waals surface area (Å²) in [6, 6.07) is 4.06. The van der Waals surface area contributed by atoms with Gasteiger partial charge in [-0.2, -0.15) is 13.2 Å². The fraction of sp³-hybridized carbons (Fsp3) is 0.346. The van der Waals surface area contributed by atoms with Crippen LogP contribution >= 0.6 is 0 Å². The van der Waals surface area contributed by atoms with Crippen molar-refractivity contribution in [3.63, 3.8) is 0 Å². The van der Waals surface area contributed by atoms with Crippen LogP contribution in [0.2, 0.25) is 0 Å². The molecule has 1 amide bonds. The summed E-state index contributed by atoms with van der Waals surface area (Å²) in [5.74, 6) is -4.91. The van der Waals surface area contributed by atoms with Crippen molar-refractivity contribution in [2.45, 2.75) is 45.2 Å². The van der Waals surface area contributed by atoms with Crippen molar-refractivity contribution in [3.8, 4) is 23.0 Å². The number of benzene rings is 1. The third-order valence-electron chi connectivity index (χ3n) is 6.36. The molecule has 1 aliphatic rings. The van der Waals surface area contributed by atoms with Crippen LogP contribution in [-0.4, -0.2) is 54.0 Å². The van der Waals surface area contributed by atoms with Gasteiger partial charge in [0.15, 0.2) is 0 Å². The van der Waals surface area contributed by atoms with Gasteiger partial charge < -0.3 is 9.32 Å². The second-order valence-electron chi connectivity index (χ2n) is 9.08. The van der Waals surface area contributed by atoms with E-state index in [4.69, 9.17) is 7.16 Å². The Bertz CT molecular complexity index is 1640.